The van der Waals surface area contributed by atoms with E-state index in [-0.39, 0.29) is 0 Å². The van der Waals surface area contributed by atoms with Gasteiger partial charge in [-0.15, -0.1) is 6.42 Å². The summed E-state index contributed by atoms with van der Waals surface area (Å²) in [6, 6.07) is 5.85. The second kappa shape index (κ2) is 3.32. The zero-order chi connectivity index (χ0) is 9.14. The average molecular weight is 159 g/mol. The Bertz CT molecular complexity index is 318. The van der Waals surface area contributed by atoms with Crippen molar-refractivity contribution in [2.75, 3.05) is 5.73 Å². The molecule has 1 nitrogen and oxygen atoms in total. The van der Waals surface area contributed by atoms with Gasteiger partial charge in [0, 0.05) is 11.3 Å². The molecule has 0 aromatic heterocycles. The lowest BCUT2D eigenvalue weighted by Crippen LogP contribution is -1.93. The summed E-state index contributed by atoms with van der Waals surface area (Å²) >= 11 is 0. The Morgan fingerprint density at radius 2 is 2.08 bits per heavy atom. The predicted molar refractivity (Wildman–Crippen MR) is 52.9 cm³/mol. The minimum absolute atomic E-state index is 0.498. The number of hydrogen-bond acceptors (Lipinski definition) is 1. The molecule has 0 amide bonds. The summed E-state index contributed by atoms with van der Waals surface area (Å²) in [5, 5.41) is 0. The highest BCUT2D eigenvalue weighted by Gasteiger charge is 2.01. The molecule has 0 unspecified atom stereocenters. The van der Waals surface area contributed by atoms with Gasteiger partial charge in [0.05, 0.1) is 0 Å². The first-order chi connectivity index (χ1) is 5.65. The van der Waals surface area contributed by atoms with Gasteiger partial charge in [-0.2, -0.15) is 0 Å². The highest BCUT2D eigenvalue weighted by atomic mass is 14.5. The number of hydrogen-bond donors (Lipinski definition) is 1. The Labute approximate surface area is 73.6 Å². The van der Waals surface area contributed by atoms with Crippen LogP contribution < -0.4 is 5.73 Å². The van der Waals surface area contributed by atoms with Gasteiger partial charge < -0.3 is 5.73 Å². The third-order valence-electron chi connectivity index (χ3n) is 1.90. The number of terminal acetylenes is 1. The van der Waals surface area contributed by atoms with E-state index in [0.717, 1.165) is 5.56 Å². The first kappa shape index (κ1) is 8.67. The van der Waals surface area contributed by atoms with E-state index in [2.05, 4.69) is 19.8 Å². The number of rotatable bonds is 1. The molecule has 0 saturated heterocycles. The smallest absolute Gasteiger partial charge is 0.0475 e. The van der Waals surface area contributed by atoms with Crippen molar-refractivity contribution in [3.8, 4) is 12.3 Å². The van der Waals surface area contributed by atoms with E-state index in [1.54, 1.807) is 0 Å². The van der Waals surface area contributed by atoms with Crippen LogP contribution >= 0.6 is 0 Å². The second-order valence-electron chi connectivity index (χ2n) is 3.15. The molecule has 0 fully saturated rings. The highest BCUT2D eigenvalue weighted by Crippen LogP contribution is 2.19. The van der Waals surface area contributed by atoms with Crippen LogP contribution in [0.2, 0.25) is 0 Å². The Morgan fingerprint density at radius 3 is 2.58 bits per heavy atom. The number of nitrogens with two attached hydrogens (primary N) is 1. The largest absolute Gasteiger partial charge is 0.398 e. The van der Waals surface area contributed by atoms with Crippen molar-refractivity contribution in [1.29, 1.82) is 0 Å². The fraction of sp³-hybridized carbons (Fsp3) is 0.273. The van der Waals surface area contributed by atoms with Gasteiger partial charge in [0.1, 0.15) is 0 Å². The van der Waals surface area contributed by atoms with Crippen LogP contribution in [-0.2, 0) is 0 Å². The Hall–Kier alpha value is -1.42. The lowest BCUT2D eigenvalue weighted by molar-refractivity contribution is 0.866. The first-order valence-electron chi connectivity index (χ1n) is 4.01. The van der Waals surface area contributed by atoms with Gasteiger partial charge in [-0.3, -0.25) is 0 Å². The van der Waals surface area contributed by atoms with Gasteiger partial charge in [-0.25, -0.2) is 0 Å². The molecule has 2 N–H and O–H groups in total. The SMILES string of the molecule is C#Cc1cc(C(C)C)ccc1N. The summed E-state index contributed by atoms with van der Waals surface area (Å²) in [5.74, 6) is 3.06. The number of nitrogen functional groups attached to an aromatic ring is 1. The second-order valence-corrected chi connectivity index (χ2v) is 3.15. The normalized spacial score (nSPS) is 9.83. The molecule has 0 aliphatic heterocycles. The number of benzene rings is 1. The molecule has 62 valence electrons. The van der Waals surface area contributed by atoms with Gasteiger partial charge in [0.15, 0.2) is 0 Å². The molecule has 0 bridgehead atoms. The van der Waals surface area contributed by atoms with Crippen LogP contribution in [0.1, 0.15) is 30.9 Å². The first-order valence-corrected chi connectivity index (χ1v) is 4.01. The molecule has 0 spiro atoms. The number of anilines is 1. The molecular formula is C11H13N. The van der Waals surface area contributed by atoms with Gasteiger partial charge >= 0.3 is 0 Å². The van der Waals surface area contributed by atoms with Crippen LogP contribution in [0.3, 0.4) is 0 Å². The summed E-state index contributed by atoms with van der Waals surface area (Å²) in [7, 11) is 0. The Kier molecular flexibility index (Phi) is 2.40. The summed E-state index contributed by atoms with van der Waals surface area (Å²) in [5.41, 5.74) is 8.37. The molecule has 0 saturated carbocycles. The molecule has 1 aromatic rings. The van der Waals surface area contributed by atoms with Crippen molar-refractivity contribution in [3.63, 3.8) is 0 Å². The fourth-order valence-electron chi connectivity index (χ4n) is 1.06. The van der Waals surface area contributed by atoms with Crippen molar-refractivity contribution in [1.82, 2.24) is 0 Å². The van der Waals surface area contributed by atoms with Gasteiger partial charge in [0.2, 0.25) is 0 Å². The predicted octanol–water partition coefficient (Wildman–Crippen LogP) is 2.37. The maximum absolute atomic E-state index is 5.66. The van der Waals surface area contributed by atoms with Crippen molar-refractivity contribution in [2.24, 2.45) is 0 Å². The molecule has 12 heavy (non-hydrogen) atoms. The lowest BCUT2D eigenvalue weighted by Gasteiger charge is -2.06. The molecule has 1 aromatic carbocycles. The van der Waals surface area contributed by atoms with E-state index in [1.807, 2.05) is 18.2 Å². The molecule has 0 atom stereocenters. The van der Waals surface area contributed by atoms with Crippen LogP contribution in [0.15, 0.2) is 18.2 Å². The van der Waals surface area contributed by atoms with E-state index in [4.69, 9.17) is 12.2 Å². The van der Waals surface area contributed by atoms with Gasteiger partial charge in [-0.05, 0) is 23.6 Å². The lowest BCUT2D eigenvalue weighted by atomic mass is 10.0. The average Bonchev–Trinajstić information content (AvgIpc) is 2.05. The van der Waals surface area contributed by atoms with Crippen LogP contribution in [-0.4, -0.2) is 0 Å². The van der Waals surface area contributed by atoms with E-state index in [0.29, 0.717) is 11.6 Å². The third-order valence-corrected chi connectivity index (χ3v) is 1.90. The summed E-state index contributed by atoms with van der Waals surface area (Å²) in [6.07, 6.45) is 5.29. The quantitative estimate of drug-likeness (QED) is 0.494. The van der Waals surface area contributed by atoms with Crippen molar-refractivity contribution in [3.05, 3.63) is 29.3 Å². The third kappa shape index (κ3) is 1.60. The van der Waals surface area contributed by atoms with Crippen LogP contribution in [0.4, 0.5) is 5.69 Å². The van der Waals surface area contributed by atoms with E-state index < -0.39 is 0 Å². The summed E-state index contributed by atoms with van der Waals surface area (Å²) < 4.78 is 0. The Balaban J connectivity index is 3.16. The fourth-order valence-corrected chi connectivity index (χ4v) is 1.06. The minimum atomic E-state index is 0.498. The minimum Gasteiger partial charge on any atom is -0.398 e. The maximum Gasteiger partial charge on any atom is 0.0475 e. The summed E-state index contributed by atoms with van der Waals surface area (Å²) in [4.78, 5) is 0. The maximum atomic E-state index is 5.66. The van der Waals surface area contributed by atoms with E-state index in [9.17, 15) is 0 Å². The topological polar surface area (TPSA) is 26.0 Å². The van der Waals surface area contributed by atoms with Crippen molar-refractivity contribution >= 4 is 5.69 Å². The van der Waals surface area contributed by atoms with Crippen molar-refractivity contribution < 1.29 is 0 Å². The summed E-state index contributed by atoms with van der Waals surface area (Å²) in [6.45, 7) is 4.26. The van der Waals surface area contributed by atoms with Crippen LogP contribution in [0.25, 0.3) is 0 Å². The molecule has 0 aliphatic rings. The monoisotopic (exact) mass is 159 g/mol. The molecule has 0 radical (unpaired) electrons. The van der Waals surface area contributed by atoms with Gasteiger partial charge in [0.25, 0.3) is 0 Å². The van der Waals surface area contributed by atoms with Crippen molar-refractivity contribution in [2.45, 2.75) is 19.8 Å². The van der Waals surface area contributed by atoms with E-state index >= 15 is 0 Å². The Morgan fingerprint density at radius 1 is 1.42 bits per heavy atom. The molecule has 0 heterocycles. The standard InChI is InChI=1S/C11H13N/c1-4-9-7-10(8(2)3)5-6-11(9)12/h1,5-8H,12H2,2-3H3. The molecule has 1 heteroatoms. The molecular weight excluding hydrogens is 146 g/mol. The molecule has 0 aliphatic carbocycles. The van der Waals surface area contributed by atoms with Crippen LogP contribution in [0, 0.1) is 12.3 Å². The zero-order valence-corrected chi connectivity index (χ0v) is 7.46. The molecule has 1 rings (SSSR count). The zero-order valence-electron chi connectivity index (χ0n) is 7.46. The van der Waals surface area contributed by atoms with Crippen LogP contribution in [0.5, 0.6) is 0 Å². The van der Waals surface area contributed by atoms with E-state index in [1.165, 1.54) is 5.56 Å². The highest BCUT2D eigenvalue weighted by molar-refractivity contribution is 5.56. The van der Waals surface area contributed by atoms with Gasteiger partial charge in [-0.1, -0.05) is 25.8 Å².